The number of nitrogens with one attached hydrogen (secondary N) is 2. The molecule has 2 aliphatic rings. The highest BCUT2D eigenvalue weighted by molar-refractivity contribution is 5.95. The Labute approximate surface area is 173 Å². The summed E-state index contributed by atoms with van der Waals surface area (Å²) in [5.41, 5.74) is 10.1. The molecule has 2 aromatic rings. The average molecular weight is 387 g/mol. The summed E-state index contributed by atoms with van der Waals surface area (Å²) in [6, 6.07) is 13.1. The van der Waals surface area contributed by atoms with E-state index in [4.69, 9.17) is 0 Å². The van der Waals surface area contributed by atoms with Gasteiger partial charge in [-0.15, -0.1) is 0 Å². The molecule has 3 heteroatoms. The van der Waals surface area contributed by atoms with Crippen LogP contribution in [-0.2, 0) is 11.2 Å². The van der Waals surface area contributed by atoms with E-state index in [1.165, 1.54) is 39.1 Å². The molecule has 0 fully saturated rings. The smallest absolute Gasteiger partial charge is 0.224 e. The molecule has 0 unspecified atom stereocenters. The van der Waals surface area contributed by atoms with Crippen molar-refractivity contribution in [1.82, 2.24) is 0 Å². The van der Waals surface area contributed by atoms with Gasteiger partial charge in [0.1, 0.15) is 0 Å². The number of allylic oxidation sites excluding steroid dienone is 4. The summed E-state index contributed by atoms with van der Waals surface area (Å²) in [5, 5.41) is 6.54. The van der Waals surface area contributed by atoms with E-state index in [-0.39, 0.29) is 11.3 Å². The van der Waals surface area contributed by atoms with Crippen LogP contribution in [0.1, 0.15) is 55.9 Å². The molecule has 2 aromatic carbocycles. The second-order valence-electron chi connectivity index (χ2n) is 9.40. The van der Waals surface area contributed by atoms with Crippen LogP contribution in [0.5, 0.6) is 0 Å². The van der Waals surface area contributed by atoms with Gasteiger partial charge >= 0.3 is 0 Å². The fraction of sp³-hybridized carbons (Fsp3) is 0.346. The first-order chi connectivity index (χ1) is 13.8. The monoisotopic (exact) mass is 386 g/mol. The van der Waals surface area contributed by atoms with E-state index in [1.807, 2.05) is 6.07 Å². The van der Waals surface area contributed by atoms with Crippen LogP contribution in [0.25, 0.3) is 11.1 Å². The predicted molar refractivity (Wildman–Crippen MR) is 123 cm³/mol. The Bertz CT molecular complexity index is 1020. The van der Waals surface area contributed by atoms with Crippen LogP contribution >= 0.6 is 0 Å². The Morgan fingerprint density at radius 3 is 2.59 bits per heavy atom. The molecule has 0 aromatic heterocycles. The van der Waals surface area contributed by atoms with E-state index in [0.717, 1.165) is 25.1 Å². The van der Waals surface area contributed by atoms with Gasteiger partial charge in [0.15, 0.2) is 0 Å². The lowest BCUT2D eigenvalue weighted by Crippen LogP contribution is -2.19. The second-order valence-corrected chi connectivity index (χ2v) is 9.40. The number of hydrogen-bond donors (Lipinski definition) is 2. The minimum atomic E-state index is 0.114. The number of amides is 1. The maximum atomic E-state index is 11.6. The van der Waals surface area contributed by atoms with Gasteiger partial charge in [-0.3, -0.25) is 4.79 Å². The highest BCUT2D eigenvalue weighted by atomic mass is 16.1. The summed E-state index contributed by atoms with van der Waals surface area (Å²) in [6.07, 6.45) is 6.96. The lowest BCUT2D eigenvalue weighted by Gasteiger charge is -2.21. The molecule has 1 aliphatic carbocycles. The predicted octanol–water partition coefficient (Wildman–Crippen LogP) is 6.21. The van der Waals surface area contributed by atoms with Crippen molar-refractivity contribution in [3.05, 3.63) is 70.8 Å². The molecular formula is C26H30N2O. The number of carbonyl (C=O) groups is 1. The maximum absolute atomic E-state index is 11.6. The Balaban J connectivity index is 1.51. The average Bonchev–Trinajstić information content (AvgIpc) is 3.16. The van der Waals surface area contributed by atoms with Crippen LogP contribution < -0.4 is 10.6 Å². The largest absolute Gasteiger partial charge is 0.384 e. The lowest BCUT2D eigenvalue weighted by molar-refractivity contribution is -0.116. The van der Waals surface area contributed by atoms with Crippen molar-refractivity contribution < 1.29 is 4.79 Å². The molecule has 0 saturated heterocycles. The Hall–Kier alpha value is -2.81. The number of aryl methyl sites for hydroxylation is 2. The van der Waals surface area contributed by atoms with Crippen LogP contribution in [0.2, 0.25) is 0 Å². The highest BCUT2D eigenvalue weighted by Crippen LogP contribution is 2.35. The van der Waals surface area contributed by atoms with E-state index in [9.17, 15) is 4.79 Å². The van der Waals surface area contributed by atoms with Crippen molar-refractivity contribution in [2.45, 2.75) is 47.0 Å². The van der Waals surface area contributed by atoms with Gasteiger partial charge in [-0.25, -0.2) is 0 Å². The third-order valence-electron chi connectivity index (χ3n) is 5.61. The van der Waals surface area contributed by atoms with Gasteiger partial charge in [-0.2, -0.15) is 0 Å². The van der Waals surface area contributed by atoms with E-state index in [0.29, 0.717) is 6.42 Å². The van der Waals surface area contributed by atoms with E-state index in [1.54, 1.807) is 0 Å². The quantitative estimate of drug-likeness (QED) is 0.656. The fourth-order valence-corrected chi connectivity index (χ4v) is 3.91. The third-order valence-corrected chi connectivity index (χ3v) is 5.61. The van der Waals surface area contributed by atoms with E-state index < -0.39 is 0 Å². The van der Waals surface area contributed by atoms with Crippen molar-refractivity contribution in [3.63, 3.8) is 0 Å². The zero-order valence-corrected chi connectivity index (χ0v) is 17.9. The van der Waals surface area contributed by atoms with E-state index in [2.05, 4.69) is 80.8 Å². The maximum Gasteiger partial charge on any atom is 0.224 e. The van der Waals surface area contributed by atoms with Crippen molar-refractivity contribution in [2.75, 3.05) is 17.2 Å². The molecule has 3 nitrogen and oxygen atoms in total. The highest BCUT2D eigenvalue weighted by Gasteiger charge is 2.17. The number of benzene rings is 2. The molecule has 1 aliphatic heterocycles. The van der Waals surface area contributed by atoms with E-state index >= 15 is 0 Å². The number of hydrogen-bond acceptors (Lipinski definition) is 2. The summed E-state index contributed by atoms with van der Waals surface area (Å²) in [7, 11) is 0. The van der Waals surface area contributed by atoms with Crippen LogP contribution in [0.15, 0.2) is 48.6 Å². The van der Waals surface area contributed by atoms with Crippen LogP contribution in [0.4, 0.5) is 11.4 Å². The molecule has 4 rings (SSSR count). The first-order valence-corrected chi connectivity index (χ1v) is 10.5. The minimum absolute atomic E-state index is 0.114. The molecule has 0 bridgehead atoms. The number of anilines is 2. The molecule has 29 heavy (non-hydrogen) atoms. The molecule has 150 valence electrons. The number of carbonyl (C=O) groups excluding carboxylic acids is 1. The lowest BCUT2D eigenvalue weighted by atomic mass is 9.96. The van der Waals surface area contributed by atoms with Crippen molar-refractivity contribution in [2.24, 2.45) is 5.41 Å². The fourth-order valence-electron chi connectivity index (χ4n) is 3.91. The molecule has 0 spiro atoms. The zero-order chi connectivity index (χ0) is 20.6. The van der Waals surface area contributed by atoms with Crippen molar-refractivity contribution in [1.29, 1.82) is 0 Å². The van der Waals surface area contributed by atoms with Crippen molar-refractivity contribution in [3.8, 4) is 0 Å². The molecule has 1 amide bonds. The van der Waals surface area contributed by atoms with Gasteiger partial charge < -0.3 is 10.6 Å². The number of rotatable bonds is 4. The van der Waals surface area contributed by atoms with Crippen LogP contribution in [-0.4, -0.2) is 12.5 Å². The molecule has 0 atom stereocenters. The SMILES string of the molecule is Cc1cc(C2=CC(c3ccc4c(c3)CCC(=O)N4)=CC2)ccc1NCC(C)(C)C. The van der Waals surface area contributed by atoms with Gasteiger partial charge in [0.2, 0.25) is 5.91 Å². The van der Waals surface area contributed by atoms with Gasteiger partial charge in [0.25, 0.3) is 0 Å². The Morgan fingerprint density at radius 1 is 1.03 bits per heavy atom. The van der Waals surface area contributed by atoms with Crippen LogP contribution in [0, 0.1) is 12.3 Å². The second kappa shape index (κ2) is 7.55. The zero-order valence-electron chi connectivity index (χ0n) is 17.9. The van der Waals surface area contributed by atoms with Gasteiger partial charge in [0, 0.05) is 24.3 Å². The van der Waals surface area contributed by atoms with Crippen LogP contribution in [0.3, 0.4) is 0 Å². The summed E-state index contributed by atoms with van der Waals surface area (Å²) < 4.78 is 0. The molecular weight excluding hydrogens is 356 g/mol. The normalized spacial score (nSPS) is 16.1. The van der Waals surface area contributed by atoms with Gasteiger partial charge in [-0.1, -0.05) is 45.1 Å². The van der Waals surface area contributed by atoms with Gasteiger partial charge in [-0.05, 0) is 82.8 Å². The Kier molecular flexibility index (Phi) is 5.08. The molecule has 2 N–H and O–H groups in total. The van der Waals surface area contributed by atoms with Gasteiger partial charge in [0.05, 0.1) is 0 Å². The summed E-state index contributed by atoms with van der Waals surface area (Å²) in [6.45, 7) is 9.87. The summed E-state index contributed by atoms with van der Waals surface area (Å²) in [5.74, 6) is 0.114. The molecule has 1 heterocycles. The summed E-state index contributed by atoms with van der Waals surface area (Å²) >= 11 is 0. The number of fused-ring (bicyclic) bond motifs is 1. The molecule has 0 radical (unpaired) electrons. The standard InChI is InChI=1S/C26H30N2O/c1-17-13-18(7-10-23(17)27-16-26(2,3)4)19-5-6-20(14-19)21-8-11-24-22(15-21)9-12-25(29)28-24/h6-8,10-11,13-15,27H,5,9,12,16H2,1-4H3,(H,28,29). The topological polar surface area (TPSA) is 41.1 Å². The first-order valence-electron chi connectivity index (χ1n) is 10.5. The first kappa shape index (κ1) is 19.5. The third kappa shape index (κ3) is 4.45. The minimum Gasteiger partial charge on any atom is -0.384 e. The summed E-state index contributed by atoms with van der Waals surface area (Å²) in [4.78, 5) is 11.6. The Morgan fingerprint density at radius 2 is 1.83 bits per heavy atom. The molecule has 0 saturated carbocycles. The van der Waals surface area contributed by atoms with Crippen molar-refractivity contribution >= 4 is 28.4 Å².